The van der Waals surface area contributed by atoms with E-state index in [1.165, 1.54) is 257 Å². The summed E-state index contributed by atoms with van der Waals surface area (Å²) in [5, 5.41) is 0. The molecule has 0 spiro atoms. The van der Waals surface area contributed by atoms with E-state index in [-0.39, 0.29) is 31.1 Å². The van der Waals surface area contributed by atoms with Crippen LogP contribution in [0.5, 0.6) is 0 Å². The van der Waals surface area contributed by atoms with Crippen molar-refractivity contribution in [1.29, 1.82) is 0 Å². The van der Waals surface area contributed by atoms with E-state index in [2.05, 4.69) is 45.1 Å². The fraction of sp³-hybridized carbons (Fsp3) is 0.894. The third-order valence-electron chi connectivity index (χ3n) is 14.7. The van der Waals surface area contributed by atoms with E-state index in [9.17, 15) is 14.4 Å². The van der Waals surface area contributed by atoms with Crippen molar-refractivity contribution in [3.8, 4) is 0 Å². The molecule has 0 fully saturated rings. The Kier molecular flexibility index (Phi) is 59.6. The van der Waals surface area contributed by atoms with Crippen LogP contribution in [-0.4, -0.2) is 37.2 Å². The van der Waals surface area contributed by atoms with Crippen molar-refractivity contribution >= 4 is 17.9 Å². The summed E-state index contributed by atoms with van der Waals surface area (Å²) in [6.45, 7) is 6.68. The monoisotopic (exact) mass is 1010 g/mol. The van der Waals surface area contributed by atoms with E-state index >= 15 is 0 Å². The molecule has 6 nitrogen and oxygen atoms in total. The van der Waals surface area contributed by atoms with Gasteiger partial charge < -0.3 is 14.2 Å². The fourth-order valence-electron chi connectivity index (χ4n) is 9.83. The summed E-state index contributed by atoms with van der Waals surface area (Å²) in [4.78, 5) is 38.2. The van der Waals surface area contributed by atoms with Crippen molar-refractivity contribution in [3.05, 3.63) is 24.3 Å². The first-order valence-electron chi connectivity index (χ1n) is 32.3. The lowest BCUT2D eigenvalue weighted by atomic mass is 10.0. The van der Waals surface area contributed by atoms with Gasteiger partial charge in [0.2, 0.25) is 0 Å². The normalized spacial score (nSPS) is 12.1. The van der Waals surface area contributed by atoms with E-state index in [4.69, 9.17) is 14.2 Å². The molecule has 1 atom stereocenters. The Labute approximate surface area is 449 Å². The lowest BCUT2D eigenvalue weighted by Gasteiger charge is -2.18. The van der Waals surface area contributed by atoms with Crippen molar-refractivity contribution in [1.82, 2.24) is 0 Å². The summed E-state index contributed by atoms with van der Waals surface area (Å²) >= 11 is 0. The SMILES string of the molecule is CCCCCCC/C=C\C/C=C\CCCCCCCCCCCCCCCCCC(=O)OCC(COC(=O)CCCCCCCCCCCC)OC(=O)CCCCCCCCCCCCCCCCCCC. The highest BCUT2D eigenvalue weighted by Gasteiger charge is 2.19. The second-order valence-electron chi connectivity index (χ2n) is 22.0. The van der Waals surface area contributed by atoms with Crippen molar-refractivity contribution in [3.63, 3.8) is 0 Å². The van der Waals surface area contributed by atoms with Gasteiger partial charge in [-0.2, -0.15) is 0 Å². The summed E-state index contributed by atoms with van der Waals surface area (Å²) in [6, 6.07) is 0. The highest BCUT2D eigenvalue weighted by Crippen LogP contribution is 2.18. The average molecular weight is 1010 g/mol. The topological polar surface area (TPSA) is 78.9 Å². The van der Waals surface area contributed by atoms with E-state index in [1.807, 2.05) is 0 Å². The average Bonchev–Trinajstić information content (AvgIpc) is 3.38. The molecule has 0 N–H and O–H groups in total. The first-order chi connectivity index (χ1) is 35.5. The lowest BCUT2D eigenvalue weighted by Crippen LogP contribution is -2.30. The largest absolute Gasteiger partial charge is 0.462 e. The van der Waals surface area contributed by atoms with Gasteiger partial charge in [-0.15, -0.1) is 0 Å². The molecule has 0 radical (unpaired) electrons. The van der Waals surface area contributed by atoms with Crippen LogP contribution in [-0.2, 0) is 28.6 Å². The van der Waals surface area contributed by atoms with Crippen LogP contribution in [0.2, 0.25) is 0 Å². The smallest absolute Gasteiger partial charge is 0.306 e. The van der Waals surface area contributed by atoms with Gasteiger partial charge >= 0.3 is 17.9 Å². The first kappa shape index (κ1) is 69.9. The molecule has 0 saturated carbocycles. The molecule has 0 aromatic carbocycles. The minimum Gasteiger partial charge on any atom is -0.462 e. The van der Waals surface area contributed by atoms with Crippen LogP contribution < -0.4 is 0 Å². The Morgan fingerprint density at radius 3 is 0.764 bits per heavy atom. The van der Waals surface area contributed by atoms with E-state index in [1.54, 1.807) is 0 Å². The fourth-order valence-corrected chi connectivity index (χ4v) is 9.83. The Morgan fingerprint density at radius 1 is 0.278 bits per heavy atom. The molecule has 0 heterocycles. The van der Waals surface area contributed by atoms with Gasteiger partial charge in [0.05, 0.1) is 0 Å². The third kappa shape index (κ3) is 58.8. The zero-order valence-electron chi connectivity index (χ0n) is 48.7. The molecule has 0 amide bonds. The highest BCUT2D eigenvalue weighted by molar-refractivity contribution is 5.71. The molecule has 6 heteroatoms. The zero-order chi connectivity index (χ0) is 52.2. The van der Waals surface area contributed by atoms with Crippen molar-refractivity contribution < 1.29 is 28.6 Å². The number of rotatable bonds is 60. The molecule has 0 rings (SSSR count). The maximum Gasteiger partial charge on any atom is 0.306 e. The third-order valence-corrected chi connectivity index (χ3v) is 14.7. The van der Waals surface area contributed by atoms with Crippen LogP contribution in [0.25, 0.3) is 0 Å². The molecule has 0 bridgehead atoms. The molecule has 0 aliphatic carbocycles. The number of esters is 3. The van der Waals surface area contributed by atoms with E-state index in [0.717, 1.165) is 64.2 Å². The molecular weight excluding hydrogens is 889 g/mol. The van der Waals surface area contributed by atoms with Crippen LogP contribution in [0.1, 0.15) is 361 Å². The standard InChI is InChI=1S/C66H124O6/c1-4-7-10-13-16-19-22-24-26-28-29-30-31-32-33-34-35-36-37-39-40-42-44-47-50-53-56-59-65(68)71-62-63(61-70-64(67)58-55-52-49-46-21-18-15-12-9-6-3)72-66(69)60-57-54-51-48-45-43-41-38-27-25-23-20-17-14-11-8-5-2/h22,24,28-29,63H,4-21,23,25-27,30-62H2,1-3H3/b24-22-,29-28-. The van der Waals surface area contributed by atoms with Crippen molar-refractivity contribution in [2.24, 2.45) is 0 Å². The summed E-state index contributed by atoms with van der Waals surface area (Å²) < 4.78 is 16.9. The van der Waals surface area contributed by atoms with Gasteiger partial charge in [0.25, 0.3) is 0 Å². The molecular formula is C66H124O6. The van der Waals surface area contributed by atoms with Crippen LogP contribution in [0.15, 0.2) is 24.3 Å². The van der Waals surface area contributed by atoms with Crippen LogP contribution in [0.3, 0.4) is 0 Å². The lowest BCUT2D eigenvalue weighted by molar-refractivity contribution is -0.167. The van der Waals surface area contributed by atoms with Gasteiger partial charge in [-0.1, -0.05) is 315 Å². The van der Waals surface area contributed by atoms with Crippen molar-refractivity contribution in [2.45, 2.75) is 367 Å². The maximum atomic E-state index is 12.9. The molecule has 0 aromatic rings. The van der Waals surface area contributed by atoms with Gasteiger partial charge in [-0.25, -0.2) is 0 Å². The van der Waals surface area contributed by atoms with Crippen LogP contribution >= 0.6 is 0 Å². The molecule has 0 aliphatic rings. The Hall–Kier alpha value is -2.11. The van der Waals surface area contributed by atoms with Gasteiger partial charge in [-0.05, 0) is 51.4 Å². The summed E-state index contributed by atoms with van der Waals surface area (Å²) in [5.41, 5.74) is 0. The van der Waals surface area contributed by atoms with Gasteiger partial charge in [0.15, 0.2) is 6.10 Å². The maximum absolute atomic E-state index is 12.9. The number of unbranched alkanes of at least 4 members (excludes halogenated alkanes) is 45. The Morgan fingerprint density at radius 2 is 0.500 bits per heavy atom. The minimum atomic E-state index is -0.765. The number of ether oxygens (including phenoxy) is 3. The van der Waals surface area contributed by atoms with Gasteiger partial charge in [0, 0.05) is 19.3 Å². The quantitative estimate of drug-likeness (QED) is 0.0261. The molecule has 0 aliphatic heterocycles. The van der Waals surface area contributed by atoms with Crippen molar-refractivity contribution in [2.75, 3.05) is 13.2 Å². The van der Waals surface area contributed by atoms with Gasteiger partial charge in [-0.3, -0.25) is 14.4 Å². The predicted molar refractivity (Wildman–Crippen MR) is 312 cm³/mol. The predicted octanol–water partition coefficient (Wildman–Crippen LogP) is 21.8. The number of carbonyl (C=O) groups is 3. The number of carbonyl (C=O) groups excluding carboxylic acids is 3. The van der Waals surface area contributed by atoms with E-state index in [0.29, 0.717) is 19.3 Å². The molecule has 0 saturated heterocycles. The number of allylic oxidation sites excluding steroid dienone is 4. The van der Waals surface area contributed by atoms with Crippen LogP contribution in [0, 0.1) is 0 Å². The second kappa shape index (κ2) is 61.4. The second-order valence-corrected chi connectivity index (χ2v) is 22.0. The van der Waals surface area contributed by atoms with Crippen LogP contribution in [0.4, 0.5) is 0 Å². The molecule has 72 heavy (non-hydrogen) atoms. The molecule has 424 valence electrons. The minimum absolute atomic E-state index is 0.0645. The summed E-state index contributed by atoms with van der Waals surface area (Å²) in [6.07, 6.45) is 73.4. The number of hydrogen-bond acceptors (Lipinski definition) is 6. The zero-order valence-corrected chi connectivity index (χ0v) is 48.7. The first-order valence-corrected chi connectivity index (χ1v) is 32.3. The Bertz CT molecular complexity index is 1160. The molecule has 0 aromatic heterocycles. The van der Waals surface area contributed by atoms with E-state index < -0.39 is 6.10 Å². The van der Waals surface area contributed by atoms with Gasteiger partial charge in [0.1, 0.15) is 13.2 Å². The summed E-state index contributed by atoms with van der Waals surface area (Å²) in [7, 11) is 0. The molecule has 1 unspecified atom stereocenters. The summed E-state index contributed by atoms with van der Waals surface area (Å²) in [5.74, 6) is -0.839. The number of hydrogen-bond donors (Lipinski definition) is 0. The Balaban J connectivity index is 4.14. The highest BCUT2D eigenvalue weighted by atomic mass is 16.6.